The third-order valence-corrected chi connectivity index (χ3v) is 8.69. The SMILES string of the molecule is CC(C)[C@H](NC(=O)Cc1cccnc1)C(=O)N[C@@H](Cc1ccccc1)[C@@H](O)CN(Cc1ccccc1)NC(=O)[C@@H](NC(=O)Cc1cccnc1)C(C)C. The molecule has 4 aromatic rings. The highest BCUT2D eigenvalue weighted by Gasteiger charge is 2.32. The van der Waals surface area contributed by atoms with Crippen LogP contribution in [0.15, 0.2) is 110 Å². The number of nitrogens with one attached hydrogen (secondary N) is 4. The molecule has 4 rings (SSSR count). The minimum absolute atomic E-state index is 0.0629. The van der Waals surface area contributed by atoms with Gasteiger partial charge in [0.15, 0.2) is 0 Å². The number of hydrogen-bond acceptors (Lipinski definition) is 8. The molecule has 2 heterocycles. The van der Waals surface area contributed by atoms with Gasteiger partial charge in [0.2, 0.25) is 17.7 Å². The Balaban J connectivity index is 1.52. The highest BCUT2D eigenvalue weighted by atomic mass is 16.3. The van der Waals surface area contributed by atoms with Gasteiger partial charge in [-0.3, -0.25) is 34.6 Å². The van der Waals surface area contributed by atoms with Gasteiger partial charge >= 0.3 is 0 Å². The van der Waals surface area contributed by atoms with Crippen LogP contribution in [-0.2, 0) is 45.0 Å². The zero-order chi connectivity index (χ0) is 38.2. The lowest BCUT2D eigenvalue weighted by Gasteiger charge is -2.33. The summed E-state index contributed by atoms with van der Waals surface area (Å²) in [6.45, 7) is 7.55. The third-order valence-electron chi connectivity index (χ3n) is 8.69. The largest absolute Gasteiger partial charge is 0.390 e. The molecule has 4 atom stereocenters. The van der Waals surface area contributed by atoms with Crippen LogP contribution in [0.4, 0.5) is 0 Å². The molecular weight excluding hydrogens is 670 g/mol. The van der Waals surface area contributed by atoms with E-state index in [1.165, 1.54) is 0 Å². The fourth-order valence-corrected chi connectivity index (χ4v) is 5.85. The summed E-state index contributed by atoms with van der Waals surface area (Å²) in [5.41, 5.74) is 6.15. The monoisotopic (exact) mass is 721 g/mol. The van der Waals surface area contributed by atoms with Crippen molar-refractivity contribution < 1.29 is 24.3 Å². The van der Waals surface area contributed by atoms with Crippen molar-refractivity contribution in [1.29, 1.82) is 0 Å². The van der Waals surface area contributed by atoms with Gasteiger partial charge in [-0.25, -0.2) is 5.01 Å². The van der Waals surface area contributed by atoms with E-state index in [1.807, 2.05) is 88.4 Å². The van der Waals surface area contributed by atoms with Crippen molar-refractivity contribution in [3.8, 4) is 0 Å². The molecule has 4 amide bonds. The number of hydrazine groups is 1. The lowest BCUT2D eigenvalue weighted by atomic mass is 9.98. The number of benzene rings is 2. The van der Waals surface area contributed by atoms with Crippen molar-refractivity contribution in [3.05, 3.63) is 132 Å². The molecule has 2 aromatic carbocycles. The zero-order valence-corrected chi connectivity index (χ0v) is 30.8. The van der Waals surface area contributed by atoms with Crippen LogP contribution in [0, 0.1) is 11.8 Å². The van der Waals surface area contributed by atoms with Crippen LogP contribution in [0.3, 0.4) is 0 Å². The van der Waals surface area contributed by atoms with E-state index in [0.29, 0.717) is 0 Å². The summed E-state index contributed by atoms with van der Waals surface area (Å²) < 4.78 is 0. The standard InChI is InChI=1S/C41H51N7O5/c1-28(2)38(45-36(50)22-32-17-11-19-42-24-32)40(52)44-34(21-30-13-7-5-8-14-30)35(49)27-48(26-31-15-9-6-10-16-31)47-41(53)39(29(3)4)46-37(51)23-33-18-12-20-43-25-33/h5-20,24-25,28-29,34-35,38-39,49H,21-23,26-27H2,1-4H3,(H,44,52)(H,45,50)(H,46,51)(H,47,53)/t34-,35-,38-,39-/m0/s1. The summed E-state index contributed by atoms with van der Waals surface area (Å²) in [6.07, 6.45) is 5.72. The Morgan fingerprint density at radius 3 is 1.57 bits per heavy atom. The van der Waals surface area contributed by atoms with Crippen molar-refractivity contribution in [2.24, 2.45) is 11.8 Å². The summed E-state index contributed by atoms with van der Waals surface area (Å²) in [7, 11) is 0. The van der Waals surface area contributed by atoms with Gasteiger partial charge in [0.05, 0.1) is 25.0 Å². The minimum atomic E-state index is -1.17. The molecule has 0 radical (unpaired) electrons. The highest BCUT2D eigenvalue weighted by Crippen LogP contribution is 2.13. The summed E-state index contributed by atoms with van der Waals surface area (Å²) in [6, 6.07) is 23.5. The molecule has 0 unspecified atom stereocenters. The number of pyridine rings is 2. The fourth-order valence-electron chi connectivity index (χ4n) is 5.85. The molecule has 53 heavy (non-hydrogen) atoms. The Morgan fingerprint density at radius 2 is 1.09 bits per heavy atom. The molecule has 280 valence electrons. The number of carbonyl (C=O) groups excluding carboxylic acids is 4. The maximum absolute atomic E-state index is 13.9. The molecule has 0 saturated heterocycles. The van der Waals surface area contributed by atoms with E-state index in [4.69, 9.17) is 0 Å². The number of carbonyl (C=O) groups is 4. The molecule has 0 aliphatic heterocycles. The van der Waals surface area contributed by atoms with Crippen LogP contribution in [0.2, 0.25) is 0 Å². The predicted molar refractivity (Wildman–Crippen MR) is 202 cm³/mol. The molecule has 5 N–H and O–H groups in total. The highest BCUT2D eigenvalue weighted by molar-refractivity contribution is 5.89. The van der Waals surface area contributed by atoms with Crippen LogP contribution in [-0.4, -0.2) is 74.5 Å². The van der Waals surface area contributed by atoms with Crippen molar-refractivity contribution in [1.82, 2.24) is 36.4 Å². The summed E-state index contributed by atoms with van der Waals surface area (Å²) in [5, 5.41) is 22.2. The van der Waals surface area contributed by atoms with E-state index in [0.717, 1.165) is 22.3 Å². The average Bonchev–Trinajstić information content (AvgIpc) is 3.14. The Labute approximate surface area is 311 Å². The van der Waals surface area contributed by atoms with Gasteiger partial charge in [0.25, 0.3) is 5.91 Å². The van der Waals surface area contributed by atoms with E-state index in [1.54, 1.807) is 54.1 Å². The maximum Gasteiger partial charge on any atom is 0.257 e. The lowest BCUT2D eigenvalue weighted by molar-refractivity contribution is -0.134. The molecule has 12 nitrogen and oxygen atoms in total. The number of aliphatic hydroxyl groups is 1. The lowest BCUT2D eigenvalue weighted by Crippen LogP contribution is -2.59. The Morgan fingerprint density at radius 1 is 0.623 bits per heavy atom. The summed E-state index contributed by atoms with van der Waals surface area (Å²) >= 11 is 0. The Hall–Kier alpha value is -5.46. The molecule has 0 bridgehead atoms. The summed E-state index contributed by atoms with van der Waals surface area (Å²) in [4.78, 5) is 61.7. The minimum Gasteiger partial charge on any atom is -0.390 e. The van der Waals surface area contributed by atoms with Crippen molar-refractivity contribution in [2.45, 2.75) is 77.7 Å². The number of aliphatic hydroxyl groups excluding tert-OH is 1. The third kappa shape index (κ3) is 13.6. The second-order valence-electron chi connectivity index (χ2n) is 13.9. The second-order valence-corrected chi connectivity index (χ2v) is 13.9. The Kier molecular flexibility index (Phi) is 15.6. The number of aromatic nitrogens is 2. The maximum atomic E-state index is 13.9. The topological polar surface area (TPSA) is 166 Å². The van der Waals surface area contributed by atoms with Gasteiger partial charge in [-0.05, 0) is 52.6 Å². The number of nitrogens with zero attached hydrogens (tertiary/aromatic N) is 3. The molecule has 0 fully saturated rings. The predicted octanol–water partition coefficient (Wildman–Crippen LogP) is 3.17. The molecule has 0 spiro atoms. The van der Waals surface area contributed by atoms with E-state index in [2.05, 4.69) is 31.3 Å². The van der Waals surface area contributed by atoms with Gasteiger partial charge < -0.3 is 21.1 Å². The quantitative estimate of drug-likeness (QED) is 0.0922. The number of amides is 4. The van der Waals surface area contributed by atoms with Crippen molar-refractivity contribution in [2.75, 3.05) is 6.54 Å². The van der Waals surface area contributed by atoms with Crippen molar-refractivity contribution >= 4 is 23.6 Å². The molecular formula is C41H51N7O5. The molecule has 0 aliphatic carbocycles. The first-order chi connectivity index (χ1) is 25.5. The van der Waals surface area contributed by atoms with Gasteiger partial charge in [-0.15, -0.1) is 0 Å². The average molecular weight is 722 g/mol. The molecule has 0 aliphatic rings. The normalized spacial score (nSPS) is 13.5. The van der Waals surface area contributed by atoms with Gasteiger partial charge in [0.1, 0.15) is 12.1 Å². The first kappa shape index (κ1) is 40.3. The molecule has 12 heteroatoms. The van der Waals surface area contributed by atoms with Gasteiger partial charge in [-0.2, -0.15) is 0 Å². The van der Waals surface area contributed by atoms with E-state index in [-0.39, 0.29) is 56.0 Å². The first-order valence-electron chi connectivity index (χ1n) is 18.0. The van der Waals surface area contributed by atoms with Crippen LogP contribution in [0.25, 0.3) is 0 Å². The molecule has 2 aromatic heterocycles. The number of hydrogen-bond donors (Lipinski definition) is 5. The van der Waals surface area contributed by atoms with Crippen LogP contribution >= 0.6 is 0 Å². The first-order valence-corrected chi connectivity index (χ1v) is 18.0. The van der Waals surface area contributed by atoms with Crippen LogP contribution in [0.5, 0.6) is 0 Å². The smallest absolute Gasteiger partial charge is 0.257 e. The second kappa shape index (κ2) is 20.5. The van der Waals surface area contributed by atoms with Gasteiger partial charge in [0, 0.05) is 37.9 Å². The summed E-state index contributed by atoms with van der Waals surface area (Å²) in [5.74, 6) is -2.02. The Bertz CT molecular complexity index is 1730. The fraction of sp³-hybridized carbons (Fsp3) is 0.366. The zero-order valence-electron chi connectivity index (χ0n) is 30.8. The van der Waals surface area contributed by atoms with E-state index >= 15 is 0 Å². The van der Waals surface area contributed by atoms with E-state index < -0.39 is 36.0 Å². The molecule has 0 saturated carbocycles. The van der Waals surface area contributed by atoms with Gasteiger partial charge in [-0.1, -0.05) is 100 Å². The number of rotatable bonds is 19. The van der Waals surface area contributed by atoms with E-state index in [9.17, 15) is 24.3 Å². The van der Waals surface area contributed by atoms with Crippen LogP contribution in [0.1, 0.15) is 49.9 Å². The van der Waals surface area contributed by atoms with Crippen molar-refractivity contribution in [3.63, 3.8) is 0 Å². The van der Waals surface area contributed by atoms with Crippen LogP contribution < -0.4 is 21.4 Å².